The molecule has 0 bridgehead atoms. The Bertz CT molecular complexity index is 662. The Morgan fingerprint density at radius 3 is 2.65 bits per heavy atom. The Labute approximate surface area is 139 Å². The summed E-state index contributed by atoms with van der Waals surface area (Å²) in [4.78, 5) is 2.82. The largest absolute Gasteiger partial charge is 0.305 e. The highest BCUT2D eigenvalue weighted by molar-refractivity contribution is 9.11. The van der Waals surface area contributed by atoms with Crippen LogP contribution in [0.3, 0.4) is 0 Å². The number of hydrogen-bond acceptors (Lipinski definition) is 4. The minimum absolute atomic E-state index is 0.328. The fourth-order valence-electron chi connectivity index (χ4n) is 2.18. The van der Waals surface area contributed by atoms with Crippen LogP contribution < -0.4 is 5.32 Å². The first-order valence-corrected chi connectivity index (χ1v) is 9.95. The fourth-order valence-corrected chi connectivity index (χ4v) is 6.14. The summed E-state index contributed by atoms with van der Waals surface area (Å²) in [5, 5.41) is 5.87. The van der Waals surface area contributed by atoms with Gasteiger partial charge in [0.15, 0.2) is 0 Å². The van der Waals surface area contributed by atoms with E-state index in [4.69, 9.17) is 0 Å². The van der Waals surface area contributed by atoms with Gasteiger partial charge in [-0.25, -0.2) is 0 Å². The van der Waals surface area contributed by atoms with Crippen molar-refractivity contribution in [3.63, 3.8) is 0 Å². The van der Waals surface area contributed by atoms with Gasteiger partial charge in [0.1, 0.15) is 0 Å². The van der Waals surface area contributed by atoms with Crippen molar-refractivity contribution in [2.75, 3.05) is 6.54 Å². The van der Waals surface area contributed by atoms with E-state index < -0.39 is 0 Å². The average molecular weight is 386 g/mol. The molecule has 0 aliphatic rings. The monoisotopic (exact) mass is 385 g/mol. The molecule has 0 fully saturated rings. The van der Waals surface area contributed by atoms with E-state index in [1.54, 1.807) is 0 Å². The molecule has 0 aliphatic carbocycles. The van der Waals surface area contributed by atoms with Crippen molar-refractivity contribution in [3.8, 4) is 0 Å². The van der Waals surface area contributed by atoms with Gasteiger partial charge in [0.2, 0.25) is 0 Å². The second-order valence-corrected chi connectivity index (χ2v) is 9.26. The third-order valence-corrected chi connectivity index (χ3v) is 7.56. The predicted octanol–water partition coefficient (Wildman–Crippen LogP) is 6.18. The van der Waals surface area contributed by atoms with E-state index in [9.17, 15) is 0 Å². The maximum atomic E-state index is 3.70. The van der Waals surface area contributed by atoms with Crippen LogP contribution in [-0.2, 0) is 0 Å². The molecule has 0 spiro atoms. The quantitative estimate of drug-likeness (QED) is 0.552. The number of halogens is 1. The van der Waals surface area contributed by atoms with Gasteiger partial charge in [0.25, 0.3) is 0 Å². The molecule has 0 amide bonds. The molecule has 1 unspecified atom stereocenters. The standard InChI is InChI=1S/C15H16BrNS3/c1-3-5-17-14(12-7-9(2)15(16)20-12)13-8-11-10(19-13)4-6-18-11/h4,6-8,14,17H,3,5H2,1-2H3. The average Bonchev–Trinajstić information content (AvgIpc) is 3.06. The second kappa shape index (κ2) is 6.28. The van der Waals surface area contributed by atoms with Crippen molar-refractivity contribution in [2.45, 2.75) is 26.3 Å². The first-order chi connectivity index (χ1) is 9.69. The van der Waals surface area contributed by atoms with Crippen LogP contribution in [0.4, 0.5) is 0 Å². The van der Waals surface area contributed by atoms with E-state index in [2.05, 4.69) is 58.7 Å². The Balaban J connectivity index is 1.98. The lowest BCUT2D eigenvalue weighted by Gasteiger charge is -2.15. The van der Waals surface area contributed by atoms with Gasteiger partial charge in [-0.15, -0.1) is 34.0 Å². The van der Waals surface area contributed by atoms with Gasteiger partial charge in [0, 0.05) is 19.2 Å². The lowest BCUT2D eigenvalue weighted by Crippen LogP contribution is -2.21. The SMILES string of the molecule is CCCNC(c1cc(C)c(Br)s1)c1cc2sccc2s1. The number of hydrogen-bond donors (Lipinski definition) is 1. The molecule has 5 heteroatoms. The van der Waals surface area contributed by atoms with E-state index in [1.807, 2.05) is 34.0 Å². The van der Waals surface area contributed by atoms with Crippen molar-refractivity contribution in [1.29, 1.82) is 0 Å². The highest BCUT2D eigenvalue weighted by atomic mass is 79.9. The van der Waals surface area contributed by atoms with Gasteiger partial charge in [-0.2, -0.15) is 0 Å². The molecule has 3 rings (SSSR count). The van der Waals surface area contributed by atoms with Crippen LogP contribution in [0.25, 0.3) is 9.40 Å². The lowest BCUT2D eigenvalue weighted by molar-refractivity contribution is 0.613. The van der Waals surface area contributed by atoms with Crippen molar-refractivity contribution in [3.05, 3.63) is 42.7 Å². The molecule has 3 aromatic heterocycles. The normalized spacial score (nSPS) is 13.2. The minimum atomic E-state index is 0.328. The summed E-state index contributed by atoms with van der Waals surface area (Å²) in [7, 11) is 0. The summed E-state index contributed by atoms with van der Waals surface area (Å²) in [6.45, 7) is 5.42. The summed E-state index contributed by atoms with van der Waals surface area (Å²) >= 11 is 9.23. The zero-order chi connectivity index (χ0) is 14.1. The molecule has 0 aliphatic heterocycles. The second-order valence-electron chi connectivity index (χ2n) is 4.79. The van der Waals surface area contributed by atoms with Crippen LogP contribution in [0.15, 0.2) is 27.4 Å². The molecule has 106 valence electrons. The molecule has 3 heterocycles. The fraction of sp³-hybridized carbons (Fsp3) is 0.333. The van der Waals surface area contributed by atoms with Crippen LogP contribution in [-0.4, -0.2) is 6.54 Å². The van der Waals surface area contributed by atoms with Gasteiger partial charge >= 0.3 is 0 Å². The molecule has 3 aromatic rings. The highest BCUT2D eigenvalue weighted by Gasteiger charge is 2.19. The third-order valence-electron chi connectivity index (χ3n) is 3.20. The Morgan fingerprint density at radius 2 is 2.00 bits per heavy atom. The van der Waals surface area contributed by atoms with E-state index in [0.29, 0.717) is 6.04 Å². The van der Waals surface area contributed by atoms with Crippen molar-refractivity contribution in [2.24, 2.45) is 0 Å². The van der Waals surface area contributed by atoms with Crippen molar-refractivity contribution in [1.82, 2.24) is 5.32 Å². The van der Waals surface area contributed by atoms with Crippen LogP contribution in [0.2, 0.25) is 0 Å². The number of aryl methyl sites for hydroxylation is 1. The molecule has 0 saturated heterocycles. The first-order valence-electron chi connectivity index (χ1n) is 6.65. The summed E-state index contributed by atoms with van der Waals surface area (Å²) in [5.41, 5.74) is 1.33. The third kappa shape index (κ3) is 2.88. The molecule has 0 aromatic carbocycles. The van der Waals surface area contributed by atoms with Gasteiger partial charge in [-0.1, -0.05) is 6.92 Å². The van der Waals surface area contributed by atoms with Gasteiger partial charge < -0.3 is 5.32 Å². The van der Waals surface area contributed by atoms with Crippen LogP contribution >= 0.6 is 49.9 Å². The Morgan fingerprint density at radius 1 is 1.20 bits per heavy atom. The number of nitrogens with one attached hydrogen (secondary N) is 1. The molecule has 0 saturated carbocycles. The smallest absolute Gasteiger partial charge is 0.0766 e. The number of rotatable bonds is 5. The Kier molecular flexibility index (Phi) is 4.62. The topological polar surface area (TPSA) is 12.0 Å². The lowest BCUT2D eigenvalue weighted by atomic mass is 10.2. The molecule has 0 radical (unpaired) electrons. The summed E-state index contributed by atoms with van der Waals surface area (Å²) in [6.07, 6.45) is 1.15. The van der Waals surface area contributed by atoms with Crippen LogP contribution in [0.1, 0.15) is 34.7 Å². The summed E-state index contributed by atoms with van der Waals surface area (Å²) in [6, 6.07) is 7.20. The molecular formula is C15H16BrNS3. The van der Waals surface area contributed by atoms with E-state index in [0.717, 1.165) is 13.0 Å². The van der Waals surface area contributed by atoms with Gasteiger partial charge in [-0.3, -0.25) is 0 Å². The Hall–Kier alpha value is -0.200. The van der Waals surface area contributed by atoms with E-state index in [-0.39, 0.29) is 0 Å². The molecule has 20 heavy (non-hydrogen) atoms. The zero-order valence-corrected chi connectivity index (χ0v) is 15.4. The van der Waals surface area contributed by atoms with Crippen LogP contribution in [0.5, 0.6) is 0 Å². The summed E-state index contributed by atoms with van der Waals surface area (Å²) < 4.78 is 4.05. The maximum Gasteiger partial charge on any atom is 0.0766 e. The number of thiophene rings is 3. The molecule has 1 nitrogen and oxygen atoms in total. The predicted molar refractivity (Wildman–Crippen MR) is 96.6 cm³/mol. The number of fused-ring (bicyclic) bond motifs is 1. The molecule has 1 N–H and O–H groups in total. The summed E-state index contributed by atoms with van der Waals surface area (Å²) in [5.74, 6) is 0. The van der Waals surface area contributed by atoms with Gasteiger partial charge in [-0.05, 0) is 65.0 Å². The first kappa shape index (κ1) is 14.7. The zero-order valence-electron chi connectivity index (χ0n) is 11.4. The van der Waals surface area contributed by atoms with E-state index >= 15 is 0 Å². The van der Waals surface area contributed by atoms with Crippen LogP contribution in [0, 0.1) is 6.92 Å². The highest BCUT2D eigenvalue weighted by Crippen LogP contribution is 2.39. The van der Waals surface area contributed by atoms with E-state index in [1.165, 1.54) is 28.5 Å². The van der Waals surface area contributed by atoms with Gasteiger partial charge in [0.05, 0.1) is 9.83 Å². The minimum Gasteiger partial charge on any atom is -0.305 e. The molecular weight excluding hydrogens is 370 g/mol. The van der Waals surface area contributed by atoms with Crippen molar-refractivity contribution >= 4 is 59.3 Å². The van der Waals surface area contributed by atoms with Crippen molar-refractivity contribution < 1.29 is 0 Å². The molecule has 1 atom stereocenters. The maximum absolute atomic E-state index is 3.70.